The molecule has 1 aromatic heterocycles. The molecular formula is C28H23FN2O5S. The van der Waals surface area contributed by atoms with E-state index < -0.39 is 29.3 Å². The van der Waals surface area contributed by atoms with E-state index in [2.05, 4.69) is 4.98 Å². The zero-order chi connectivity index (χ0) is 26.3. The molecule has 9 heteroatoms. The van der Waals surface area contributed by atoms with Gasteiger partial charge in [0, 0.05) is 11.1 Å². The molecule has 1 aliphatic heterocycles. The van der Waals surface area contributed by atoms with Gasteiger partial charge in [-0.2, -0.15) is 0 Å². The number of ether oxygens (including phenoxy) is 2. The van der Waals surface area contributed by atoms with E-state index in [1.54, 1.807) is 18.2 Å². The number of thiazole rings is 1. The van der Waals surface area contributed by atoms with Crippen molar-refractivity contribution in [3.05, 3.63) is 88.7 Å². The first kappa shape index (κ1) is 24.5. The lowest BCUT2D eigenvalue weighted by Gasteiger charge is -2.25. The minimum atomic E-state index is -1.07. The SMILES string of the molecule is CCc1ccc2nc(N3C(=O)C(=O)/C(=C(/O)c4ccc(F)cc4)[C@@H]3c3cc(OC)ccc3OC)sc2c1. The number of aliphatic hydroxyl groups is 1. The molecule has 1 saturated heterocycles. The maximum Gasteiger partial charge on any atom is 0.301 e. The number of ketones is 1. The Morgan fingerprint density at radius 2 is 1.81 bits per heavy atom. The number of Topliss-reactive ketones (excluding diaryl/α,β-unsaturated/α-hetero) is 1. The molecule has 0 saturated carbocycles. The van der Waals surface area contributed by atoms with Crippen LogP contribution in [0.1, 0.15) is 29.7 Å². The third-order valence-corrected chi connectivity index (χ3v) is 7.37. The van der Waals surface area contributed by atoms with Gasteiger partial charge in [-0.25, -0.2) is 9.37 Å². The number of aromatic nitrogens is 1. The number of carbonyl (C=O) groups excluding carboxylic acids is 2. The molecule has 1 atom stereocenters. The number of benzene rings is 3. The van der Waals surface area contributed by atoms with Crippen LogP contribution in [0.4, 0.5) is 9.52 Å². The number of fused-ring (bicyclic) bond motifs is 1. The number of carbonyl (C=O) groups is 2. The van der Waals surface area contributed by atoms with Gasteiger partial charge >= 0.3 is 5.91 Å². The fourth-order valence-electron chi connectivity index (χ4n) is 4.42. The second-order valence-electron chi connectivity index (χ2n) is 8.44. The summed E-state index contributed by atoms with van der Waals surface area (Å²) >= 11 is 1.28. The number of anilines is 1. The van der Waals surface area contributed by atoms with Gasteiger partial charge in [0.2, 0.25) is 0 Å². The predicted molar refractivity (Wildman–Crippen MR) is 140 cm³/mol. The summed E-state index contributed by atoms with van der Waals surface area (Å²) in [5, 5.41) is 11.6. The monoisotopic (exact) mass is 518 g/mol. The molecule has 0 bridgehead atoms. The van der Waals surface area contributed by atoms with Gasteiger partial charge in [0.1, 0.15) is 29.1 Å². The number of methoxy groups -OCH3 is 2. The Kier molecular flexibility index (Phi) is 6.39. The Balaban J connectivity index is 1.77. The standard InChI is InChI=1S/C28H23FN2O5S/c1-4-15-5-11-20-22(13-15)37-28(30-20)31-24(19-14-18(35-2)10-12-21(19)36-3)23(26(33)27(31)34)25(32)16-6-8-17(29)9-7-16/h5-14,24,32H,4H2,1-3H3/b25-23+/t24-/m0/s1. The van der Waals surface area contributed by atoms with Crippen LogP contribution in [0.15, 0.2) is 66.2 Å². The number of rotatable bonds is 6. The second kappa shape index (κ2) is 9.67. The first-order chi connectivity index (χ1) is 17.9. The summed E-state index contributed by atoms with van der Waals surface area (Å²) in [6.45, 7) is 2.05. The van der Waals surface area contributed by atoms with Gasteiger partial charge < -0.3 is 14.6 Å². The summed E-state index contributed by atoms with van der Waals surface area (Å²) in [6, 6.07) is 14.8. The fraction of sp³-hybridized carbons (Fsp3) is 0.179. The molecule has 4 aromatic rings. The molecule has 3 aromatic carbocycles. The highest BCUT2D eigenvalue weighted by Crippen LogP contribution is 2.47. The van der Waals surface area contributed by atoms with Crippen molar-refractivity contribution in [2.24, 2.45) is 0 Å². The lowest BCUT2D eigenvalue weighted by atomic mass is 9.94. The number of nitrogens with zero attached hydrogens (tertiary/aromatic N) is 2. The molecule has 5 rings (SSSR count). The number of aliphatic hydroxyl groups excluding tert-OH is 1. The third-order valence-electron chi connectivity index (χ3n) is 6.35. The van der Waals surface area contributed by atoms with Crippen molar-refractivity contribution in [1.29, 1.82) is 0 Å². The molecule has 1 amide bonds. The van der Waals surface area contributed by atoms with Crippen LogP contribution in [0.5, 0.6) is 11.5 Å². The van der Waals surface area contributed by atoms with Crippen molar-refractivity contribution in [3.8, 4) is 11.5 Å². The zero-order valence-electron chi connectivity index (χ0n) is 20.3. The first-order valence-electron chi connectivity index (χ1n) is 11.5. The summed E-state index contributed by atoms with van der Waals surface area (Å²) in [7, 11) is 2.97. The zero-order valence-corrected chi connectivity index (χ0v) is 21.1. The van der Waals surface area contributed by atoms with Gasteiger partial charge in [-0.05, 0) is 66.6 Å². The highest BCUT2D eigenvalue weighted by molar-refractivity contribution is 7.22. The van der Waals surface area contributed by atoms with Crippen molar-refractivity contribution in [2.75, 3.05) is 19.1 Å². The molecule has 37 heavy (non-hydrogen) atoms. The molecule has 1 fully saturated rings. The van der Waals surface area contributed by atoms with Crippen LogP contribution in [-0.2, 0) is 16.0 Å². The molecular weight excluding hydrogens is 495 g/mol. The molecule has 1 N–H and O–H groups in total. The fourth-order valence-corrected chi connectivity index (χ4v) is 5.48. The third kappa shape index (κ3) is 4.21. The predicted octanol–water partition coefficient (Wildman–Crippen LogP) is 5.64. The number of amides is 1. The van der Waals surface area contributed by atoms with E-state index in [0.717, 1.165) is 16.7 Å². The number of hydrogen-bond donors (Lipinski definition) is 1. The smallest absolute Gasteiger partial charge is 0.301 e. The largest absolute Gasteiger partial charge is 0.507 e. The van der Waals surface area contributed by atoms with E-state index in [9.17, 15) is 19.1 Å². The lowest BCUT2D eigenvalue weighted by molar-refractivity contribution is -0.132. The minimum Gasteiger partial charge on any atom is -0.507 e. The first-order valence-corrected chi connectivity index (χ1v) is 12.4. The van der Waals surface area contributed by atoms with E-state index in [4.69, 9.17) is 9.47 Å². The second-order valence-corrected chi connectivity index (χ2v) is 9.45. The maximum atomic E-state index is 13.6. The van der Waals surface area contributed by atoms with Gasteiger partial charge in [-0.3, -0.25) is 14.5 Å². The summed E-state index contributed by atoms with van der Waals surface area (Å²) in [5.41, 5.74) is 2.28. The van der Waals surface area contributed by atoms with Crippen molar-refractivity contribution in [3.63, 3.8) is 0 Å². The number of hydrogen-bond acceptors (Lipinski definition) is 7. The normalized spacial score (nSPS) is 17.0. The van der Waals surface area contributed by atoms with Crippen LogP contribution in [-0.4, -0.2) is 36.0 Å². The van der Waals surface area contributed by atoms with Gasteiger partial charge in [0.25, 0.3) is 5.78 Å². The highest BCUT2D eigenvalue weighted by Gasteiger charge is 2.49. The quantitative estimate of drug-likeness (QED) is 0.202. The Morgan fingerprint density at radius 1 is 1.05 bits per heavy atom. The van der Waals surface area contributed by atoms with E-state index in [0.29, 0.717) is 27.7 Å². The van der Waals surface area contributed by atoms with Crippen molar-refractivity contribution < 1.29 is 28.6 Å². The molecule has 1 aliphatic rings. The molecule has 0 aliphatic carbocycles. The van der Waals surface area contributed by atoms with Gasteiger partial charge in [0.15, 0.2) is 5.13 Å². The van der Waals surface area contributed by atoms with Gasteiger partial charge in [0.05, 0.1) is 30.0 Å². The number of halogens is 1. The number of aryl methyl sites for hydroxylation is 1. The Morgan fingerprint density at radius 3 is 2.49 bits per heavy atom. The average Bonchev–Trinajstić information content (AvgIpc) is 3.45. The molecule has 0 unspecified atom stereocenters. The van der Waals surface area contributed by atoms with Crippen molar-refractivity contribution >= 4 is 44.1 Å². The minimum absolute atomic E-state index is 0.156. The average molecular weight is 519 g/mol. The summed E-state index contributed by atoms with van der Waals surface area (Å²) in [6.07, 6.45) is 0.840. The summed E-state index contributed by atoms with van der Waals surface area (Å²) in [4.78, 5) is 32.9. The summed E-state index contributed by atoms with van der Waals surface area (Å²) in [5.74, 6) is -1.79. The van der Waals surface area contributed by atoms with Crippen LogP contribution >= 0.6 is 11.3 Å². The van der Waals surface area contributed by atoms with E-state index in [1.807, 2.05) is 25.1 Å². The van der Waals surface area contributed by atoms with Crippen LogP contribution in [0.25, 0.3) is 16.0 Å². The van der Waals surface area contributed by atoms with Crippen molar-refractivity contribution in [1.82, 2.24) is 4.98 Å². The van der Waals surface area contributed by atoms with E-state index >= 15 is 0 Å². The Labute approximate surface area is 216 Å². The summed E-state index contributed by atoms with van der Waals surface area (Å²) < 4.78 is 25.4. The van der Waals surface area contributed by atoms with E-state index in [-0.39, 0.29) is 11.1 Å². The van der Waals surface area contributed by atoms with Gasteiger partial charge in [-0.15, -0.1) is 0 Å². The Hall–Kier alpha value is -4.24. The molecule has 0 radical (unpaired) electrons. The van der Waals surface area contributed by atoms with Crippen LogP contribution in [0.2, 0.25) is 0 Å². The highest BCUT2D eigenvalue weighted by atomic mass is 32.1. The van der Waals surface area contributed by atoms with E-state index in [1.165, 1.54) is 54.7 Å². The van der Waals surface area contributed by atoms with Crippen LogP contribution in [0, 0.1) is 5.82 Å². The topological polar surface area (TPSA) is 89.0 Å². The molecule has 7 nitrogen and oxygen atoms in total. The molecule has 2 heterocycles. The molecule has 188 valence electrons. The molecule has 0 spiro atoms. The maximum absolute atomic E-state index is 13.6. The van der Waals surface area contributed by atoms with Crippen LogP contribution < -0.4 is 14.4 Å². The van der Waals surface area contributed by atoms with Crippen molar-refractivity contribution in [2.45, 2.75) is 19.4 Å². The Bertz CT molecular complexity index is 1560. The van der Waals surface area contributed by atoms with Crippen LogP contribution in [0.3, 0.4) is 0 Å². The van der Waals surface area contributed by atoms with Gasteiger partial charge in [-0.1, -0.05) is 24.3 Å². The lowest BCUT2D eigenvalue weighted by Crippen LogP contribution is -2.29.